The number of imidazole rings is 1. The van der Waals surface area contributed by atoms with Crippen LogP contribution in [0.4, 0.5) is 10.3 Å². The lowest BCUT2D eigenvalue weighted by Gasteiger charge is -2.21. The molecule has 2 aromatic heterocycles. The van der Waals surface area contributed by atoms with Crippen molar-refractivity contribution in [2.75, 3.05) is 18.0 Å². The van der Waals surface area contributed by atoms with Gasteiger partial charge in [-0.2, -0.15) is 4.98 Å². The Morgan fingerprint density at radius 1 is 1.16 bits per heavy atom. The topological polar surface area (TPSA) is 75.9 Å². The molecule has 0 atom stereocenters. The Morgan fingerprint density at radius 3 is 2.40 bits per heavy atom. The molecule has 7 nitrogen and oxygen atoms in total. The molecule has 0 fully saturated rings. The van der Waals surface area contributed by atoms with Gasteiger partial charge in [-0.05, 0) is 31.5 Å². The summed E-state index contributed by atoms with van der Waals surface area (Å²) >= 11 is 0. The number of aryl methyl sites for hydroxylation is 1. The van der Waals surface area contributed by atoms with Gasteiger partial charge in [0, 0.05) is 20.1 Å². The van der Waals surface area contributed by atoms with E-state index in [0.717, 1.165) is 5.56 Å². The fourth-order valence-corrected chi connectivity index (χ4v) is 2.89. The minimum atomic E-state index is -0.505. The van der Waals surface area contributed by atoms with Gasteiger partial charge in [0.25, 0.3) is 5.56 Å². The highest BCUT2D eigenvalue weighted by Gasteiger charge is 2.20. The number of aromatic nitrogens is 4. The van der Waals surface area contributed by atoms with Crippen molar-refractivity contribution in [1.82, 2.24) is 19.1 Å². The van der Waals surface area contributed by atoms with Gasteiger partial charge in [-0.25, -0.2) is 9.18 Å². The largest absolute Gasteiger partial charge is 0.343 e. The highest BCUT2D eigenvalue weighted by atomic mass is 19.1. The average Bonchev–Trinajstić information content (AvgIpc) is 2.96. The predicted octanol–water partition coefficient (Wildman–Crippen LogP) is 1.46. The molecule has 0 aliphatic carbocycles. The van der Waals surface area contributed by atoms with Crippen molar-refractivity contribution >= 4 is 17.1 Å². The minimum absolute atomic E-state index is 0.316. The van der Waals surface area contributed by atoms with Crippen LogP contribution < -0.4 is 16.1 Å². The predicted molar refractivity (Wildman–Crippen MR) is 94.7 cm³/mol. The molecule has 0 aliphatic rings. The van der Waals surface area contributed by atoms with Crippen LogP contribution in [0, 0.1) is 5.82 Å². The van der Waals surface area contributed by atoms with E-state index in [2.05, 4.69) is 9.97 Å². The summed E-state index contributed by atoms with van der Waals surface area (Å²) in [7, 11) is 1.57. The Balaban J connectivity index is 2.27. The van der Waals surface area contributed by atoms with E-state index < -0.39 is 11.2 Å². The van der Waals surface area contributed by atoms with Crippen molar-refractivity contribution in [3.05, 3.63) is 56.5 Å². The Morgan fingerprint density at radius 2 is 1.80 bits per heavy atom. The summed E-state index contributed by atoms with van der Waals surface area (Å²) in [6.45, 7) is 5.75. The van der Waals surface area contributed by atoms with E-state index in [1.807, 2.05) is 18.7 Å². The molecule has 2 heterocycles. The van der Waals surface area contributed by atoms with Gasteiger partial charge in [0.1, 0.15) is 5.82 Å². The molecular weight excluding hydrogens is 325 g/mol. The van der Waals surface area contributed by atoms with Crippen LogP contribution in [-0.4, -0.2) is 32.2 Å². The molecular formula is C17H20FN5O2. The summed E-state index contributed by atoms with van der Waals surface area (Å²) in [5.74, 6) is 0.291. The molecule has 1 N–H and O–H groups in total. The maximum atomic E-state index is 13.2. The van der Waals surface area contributed by atoms with E-state index in [-0.39, 0.29) is 5.82 Å². The number of benzene rings is 1. The number of aromatic amines is 1. The summed E-state index contributed by atoms with van der Waals surface area (Å²) in [6, 6.07) is 6.10. The number of H-pyrrole nitrogens is 1. The van der Waals surface area contributed by atoms with Gasteiger partial charge < -0.3 is 4.90 Å². The number of halogens is 1. The van der Waals surface area contributed by atoms with Crippen LogP contribution in [0.25, 0.3) is 11.2 Å². The number of rotatable bonds is 5. The molecule has 8 heteroatoms. The van der Waals surface area contributed by atoms with Crippen molar-refractivity contribution in [3.8, 4) is 0 Å². The Labute approximate surface area is 143 Å². The van der Waals surface area contributed by atoms with E-state index in [1.165, 1.54) is 16.7 Å². The first-order valence-corrected chi connectivity index (χ1v) is 8.15. The third-order valence-corrected chi connectivity index (χ3v) is 4.29. The van der Waals surface area contributed by atoms with Crippen molar-refractivity contribution in [2.45, 2.75) is 20.4 Å². The second-order valence-electron chi connectivity index (χ2n) is 5.79. The summed E-state index contributed by atoms with van der Waals surface area (Å²) in [5, 5.41) is 0. The van der Waals surface area contributed by atoms with Crippen LogP contribution in [0.3, 0.4) is 0 Å². The SMILES string of the molecule is CCN(CC)c1nc2c(c(=O)[nH]c(=O)n2C)n1Cc1ccc(F)cc1. The van der Waals surface area contributed by atoms with E-state index in [0.29, 0.717) is 36.7 Å². The Kier molecular flexibility index (Phi) is 4.43. The standard InChI is InChI=1S/C17H20FN5O2/c1-4-22(5-2)16-19-14-13(15(24)20-17(25)21(14)3)23(16)10-11-6-8-12(18)9-7-11/h6-9H,4-5,10H2,1-3H3,(H,20,24,25). The van der Waals surface area contributed by atoms with Crippen molar-refractivity contribution < 1.29 is 4.39 Å². The van der Waals surface area contributed by atoms with Crippen LogP contribution in [0.1, 0.15) is 19.4 Å². The number of anilines is 1. The average molecular weight is 345 g/mol. The molecule has 0 unspecified atom stereocenters. The third-order valence-electron chi connectivity index (χ3n) is 4.29. The first kappa shape index (κ1) is 16.9. The summed E-state index contributed by atoms with van der Waals surface area (Å²) in [4.78, 5) is 33.2. The van der Waals surface area contributed by atoms with E-state index >= 15 is 0 Å². The maximum absolute atomic E-state index is 13.2. The highest BCUT2D eigenvalue weighted by molar-refractivity contribution is 5.74. The zero-order chi connectivity index (χ0) is 18.1. The first-order valence-electron chi connectivity index (χ1n) is 8.15. The number of hydrogen-bond donors (Lipinski definition) is 1. The molecule has 0 aliphatic heterocycles. The molecule has 0 bridgehead atoms. The van der Waals surface area contributed by atoms with Crippen molar-refractivity contribution in [1.29, 1.82) is 0 Å². The molecule has 0 spiro atoms. The molecule has 0 radical (unpaired) electrons. The van der Waals surface area contributed by atoms with Crippen LogP contribution in [0.5, 0.6) is 0 Å². The highest BCUT2D eigenvalue weighted by Crippen LogP contribution is 2.21. The molecule has 3 aromatic rings. The number of hydrogen-bond acceptors (Lipinski definition) is 4. The monoisotopic (exact) mass is 345 g/mol. The lowest BCUT2D eigenvalue weighted by atomic mass is 10.2. The number of nitrogens with one attached hydrogen (secondary N) is 1. The second kappa shape index (κ2) is 6.54. The quantitative estimate of drug-likeness (QED) is 0.759. The fraction of sp³-hybridized carbons (Fsp3) is 0.353. The molecule has 1 aromatic carbocycles. The van der Waals surface area contributed by atoms with Gasteiger partial charge in [0.2, 0.25) is 5.95 Å². The minimum Gasteiger partial charge on any atom is -0.343 e. The van der Waals surface area contributed by atoms with Crippen LogP contribution in [0.15, 0.2) is 33.9 Å². The molecule has 0 amide bonds. The van der Waals surface area contributed by atoms with Crippen LogP contribution >= 0.6 is 0 Å². The lowest BCUT2D eigenvalue weighted by molar-refractivity contribution is 0.626. The van der Waals surface area contributed by atoms with Gasteiger partial charge >= 0.3 is 5.69 Å². The van der Waals surface area contributed by atoms with Crippen molar-refractivity contribution in [3.63, 3.8) is 0 Å². The summed E-state index contributed by atoms with van der Waals surface area (Å²) in [5.41, 5.74) is 0.509. The zero-order valence-electron chi connectivity index (χ0n) is 14.4. The van der Waals surface area contributed by atoms with Crippen LogP contribution in [-0.2, 0) is 13.6 Å². The second-order valence-corrected chi connectivity index (χ2v) is 5.79. The first-order chi connectivity index (χ1) is 12.0. The normalized spacial score (nSPS) is 11.2. The Hall–Kier alpha value is -2.90. The molecule has 0 saturated carbocycles. The van der Waals surface area contributed by atoms with E-state index in [9.17, 15) is 14.0 Å². The van der Waals surface area contributed by atoms with E-state index in [1.54, 1.807) is 23.7 Å². The third kappa shape index (κ3) is 2.95. The van der Waals surface area contributed by atoms with Crippen molar-refractivity contribution in [2.24, 2.45) is 7.05 Å². The maximum Gasteiger partial charge on any atom is 0.329 e. The number of fused-ring (bicyclic) bond motifs is 1. The Bertz CT molecular complexity index is 1010. The van der Waals surface area contributed by atoms with Gasteiger partial charge in [0.05, 0.1) is 6.54 Å². The van der Waals surface area contributed by atoms with Crippen LogP contribution in [0.2, 0.25) is 0 Å². The van der Waals surface area contributed by atoms with Gasteiger partial charge in [-0.15, -0.1) is 0 Å². The van der Waals surface area contributed by atoms with Gasteiger partial charge in [0.15, 0.2) is 11.2 Å². The molecule has 0 saturated heterocycles. The van der Waals surface area contributed by atoms with Gasteiger partial charge in [-0.3, -0.25) is 18.9 Å². The lowest BCUT2D eigenvalue weighted by Crippen LogP contribution is -2.29. The number of nitrogens with zero attached hydrogens (tertiary/aromatic N) is 4. The summed E-state index contributed by atoms with van der Waals surface area (Å²) < 4.78 is 16.3. The molecule has 3 rings (SSSR count). The molecule has 25 heavy (non-hydrogen) atoms. The van der Waals surface area contributed by atoms with E-state index in [4.69, 9.17) is 0 Å². The van der Waals surface area contributed by atoms with Gasteiger partial charge in [-0.1, -0.05) is 12.1 Å². The fourth-order valence-electron chi connectivity index (χ4n) is 2.89. The smallest absolute Gasteiger partial charge is 0.329 e. The summed E-state index contributed by atoms with van der Waals surface area (Å²) in [6.07, 6.45) is 0. The zero-order valence-corrected chi connectivity index (χ0v) is 14.4. The molecule has 132 valence electrons.